The monoisotopic (exact) mass is 553 g/mol. The van der Waals surface area contributed by atoms with Crippen molar-refractivity contribution in [3.05, 3.63) is 94.8 Å². The van der Waals surface area contributed by atoms with E-state index in [1.54, 1.807) is 31.2 Å². The van der Waals surface area contributed by atoms with Gasteiger partial charge < -0.3 is 10.2 Å². The lowest BCUT2D eigenvalue weighted by Gasteiger charge is -2.32. The van der Waals surface area contributed by atoms with Crippen molar-refractivity contribution >= 4 is 27.5 Å². The van der Waals surface area contributed by atoms with Gasteiger partial charge in [0.25, 0.3) is 10.0 Å². The molecule has 0 aliphatic heterocycles. The predicted molar refractivity (Wildman–Crippen MR) is 151 cm³/mol. The molecule has 39 heavy (non-hydrogen) atoms. The van der Waals surface area contributed by atoms with Gasteiger partial charge in [0.05, 0.1) is 10.6 Å². The third-order valence-electron chi connectivity index (χ3n) is 6.72. The maximum Gasteiger partial charge on any atom is 0.264 e. The van der Waals surface area contributed by atoms with Crippen molar-refractivity contribution < 1.29 is 22.4 Å². The highest BCUT2D eigenvalue weighted by molar-refractivity contribution is 7.92. The normalized spacial score (nSPS) is 12.1. The molecule has 0 radical (unpaired) electrons. The Morgan fingerprint density at radius 2 is 1.59 bits per heavy atom. The summed E-state index contributed by atoms with van der Waals surface area (Å²) in [5.41, 5.74) is 3.49. The Balaban J connectivity index is 2.05. The zero-order valence-corrected chi connectivity index (χ0v) is 23.9. The Hall–Kier alpha value is -3.72. The second-order valence-electron chi connectivity index (χ2n) is 9.66. The average Bonchev–Trinajstić information content (AvgIpc) is 2.91. The lowest BCUT2D eigenvalue weighted by molar-refractivity contribution is -0.139. The molecule has 3 rings (SSSR count). The summed E-state index contributed by atoms with van der Waals surface area (Å²) in [5.74, 6) is -1.34. The van der Waals surface area contributed by atoms with E-state index in [2.05, 4.69) is 5.32 Å². The molecule has 0 aliphatic carbocycles. The molecule has 7 nitrogen and oxygen atoms in total. The summed E-state index contributed by atoms with van der Waals surface area (Å²) in [6.07, 6.45) is 0.722. The van der Waals surface area contributed by atoms with Crippen LogP contribution in [0.1, 0.15) is 42.5 Å². The van der Waals surface area contributed by atoms with Crippen molar-refractivity contribution in [2.45, 2.75) is 58.5 Å². The molecular formula is C30H36FN3O4S. The van der Waals surface area contributed by atoms with Crippen molar-refractivity contribution in [1.82, 2.24) is 10.2 Å². The Bertz CT molecular complexity index is 1410. The van der Waals surface area contributed by atoms with Gasteiger partial charge in [-0.25, -0.2) is 12.8 Å². The molecule has 0 heterocycles. The van der Waals surface area contributed by atoms with Gasteiger partial charge in [-0.05, 0) is 81.1 Å². The zero-order chi connectivity index (χ0) is 28.7. The van der Waals surface area contributed by atoms with Gasteiger partial charge in [-0.2, -0.15) is 0 Å². The molecule has 0 unspecified atom stereocenters. The maximum atomic E-state index is 13.9. The number of nitrogens with one attached hydrogen (secondary N) is 1. The molecule has 3 aromatic rings. The molecule has 0 spiro atoms. The maximum absolute atomic E-state index is 13.9. The summed E-state index contributed by atoms with van der Waals surface area (Å²) in [6, 6.07) is 16.5. The number of nitrogens with zero attached hydrogens (tertiary/aromatic N) is 2. The molecular weight excluding hydrogens is 517 g/mol. The SMILES string of the molecule is CCCNC(=O)[C@@H](C)N(Cc1ccc(F)cc1)C(=O)CN(c1cccc(C)c1C)S(=O)(=O)c1ccc(C)cc1. The van der Waals surface area contributed by atoms with Gasteiger partial charge in [-0.1, -0.05) is 48.9 Å². The molecule has 9 heteroatoms. The van der Waals surface area contributed by atoms with Crippen LogP contribution in [0.4, 0.5) is 10.1 Å². The van der Waals surface area contributed by atoms with Crippen molar-refractivity contribution in [3.63, 3.8) is 0 Å². The van der Waals surface area contributed by atoms with E-state index in [4.69, 9.17) is 0 Å². The molecule has 208 valence electrons. The highest BCUT2D eigenvalue weighted by Crippen LogP contribution is 2.29. The molecule has 1 N–H and O–H groups in total. The second-order valence-corrected chi connectivity index (χ2v) is 11.5. The van der Waals surface area contributed by atoms with Crippen LogP contribution in [0.25, 0.3) is 0 Å². The van der Waals surface area contributed by atoms with E-state index in [0.717, 1.165) is 27.4 Å². The van der Waals surface area contributed by atoms with Gasteiger partial charge in [0.1, 0.15) is 18.4 Å². The Kier molecular flexibility index (Phi) is 9.86. The number of benzene rings is 3. The number of carbonyl (C=O) groups is 2. The summed E-state index contributed by atoms with van der Waals surface area (Å²) < 4.78 is 42.5. The first-order valence-electron chi connectivity index (χ1n) is 12.9. The zero-order valence-electron chi connectivity index (χ0n) is 23.1. The van der Waals surface area contributed by atoms with Crippen LogP contribution in [0, 0.1) is 26.6 Å². The van der Waals surface area contributed by atoms with Crippen LogP contribution < -0.4 is 9.62 Å². The van der Waals surface area contributed by atoms with E-state index < -0.39 is 34.3 Å². The number of sulfonamides is 1. The molecule has 0 saturated heterocycles. The minimum Gasteiger partial charge on any atom is -0.354 e. The molecule has 1 atom stereocenters. The molecule has 3 aromatic carbocycles. The molecule has 0 fully saturated rings. The Morgan fingerprint density at radius 1 is 0.949 bits per heavy atom. The fraction of sp³-hybridized carbons (Fsp3) is 0.333. The van der Waals surface area contributed by atoms with Crippen molar-refractivity contribution in [1.29, 1.82) is 0 Å². The van der Waals surface area contributed by atoms with Gasteiger partial charge in [-0.3, -0.25) is 13.9 Å². The first kappa shape index (κ1) is 29.8. The Morgan fingerprint density at radius 3 is 2.21 bits per heavy atom. The summed E-state index contributed by atoms with van der Waals surface area (Å²) in [7, 11) is -4.14. The van der Waals surface area contributed by atoms with Gasteiger partial charge in [-0.15, -0.1) is 0 Å². The number of amides is 2. The summed E-state index contributed by atoms with van der Waals surface area (Å²) in [4.78, 5) is 28.2. The molecule has 0 aromatic heterocycles. The number of hydrogen-bond donors (Lipinski definition) is 1. The van der Waals surface area contributed by atoms with E-state index in [0.29, 0.717) is 17.8 Å². The van der Waals surface area contributed by atoms with E-state index in [9.17, 15) is 22.4 Å². The largest absolute Gasteiger partial charge is 0.354 e. The van der Waals surface area contributed by atoms with Gasteiger partial charge >= 0.3 is 0 Å². The number of anilines is 1. The minimum atomic E-state index is -4.14. The van der Waals surface area contributed by atoms with Gasteiger partial charge in [0.15, 0.2) is 0 Å². The fourth-order valence-corrected chi connectivity index (χ4v) is 5.59. The van der Waals surface area contributed by atoms with Crippen LogP contribution in [0.2, 0.25) is 0 Å². The van der Waals surface area contributed by atoms with Crippen LogP contribution >= 0.6 is 0 Å². The number of aryl methyl sites for hydroxylation is 2. The van der Waals surface area contributed by atoms with Crippen LogP contribution in [-0.2, 0) is 26.2 Å². The smallest absolute Gasteiger partial charge is 0.264 e. The van der Waals surface area contributed by atoms with Gasteiger partial charge in [0, 0.05) is 13.1 Å². The highest BCUT2D eigenvalue weighted by atomic mass is 32.2. The minimum absolute atomic E-state index is 0.00500. The summed E-state index contributed by atoms with van der Waals surface area (Å²) >= 11 is 0. The Labute approximate surface area is 230 Å². The first-order chi connectivity index (χ1) is 18.4. The van der Waals surface area contributed by atoms with E-state index >= 15 is 0 Å². The summed E-state index contributed by atoms with van der Waals surface area (Å²) in [6.45, 7) is 8.99. The third-order valence-corrected chi connectivity index (χ3v) is 8.49. The molecule has 2 amide bonds. The topological polar surface area (TPSA) is 86.8 Å². The first-order valence-corrected chi connectivity index (χ1v) is 14.4. The fourth-order valence-electron chi connectivity index (χ4n) is 4.12. The number of hydrogen-bond acceptors (Lipinski definition) is 4. The van der Waals surface area contributed by atoms with E-state index in [-0.39, 0.29) is 17.3 Å². The second kappa shape index (κ2) is 12.9. The standard InChI is InChI=1S/C30H36FN3O4S/c1-6-18-32-30(36)24(5)33(19-25-12-14-26(31)15-13-25)29(35)20-34(28-9-7-8-22(3)23(28)4)39(37,38)27-16-10-21(2)11-17-27/h7-17,24H,6,18-20H2,1-5H3,(H,32,36)/t24-/m1/s1. The van der Waals surface area contributed by atoms with Crippen molar-refractivity contribution in [2.24, 2.45) is 0 Å². The molecule has 0 bridgehead atoms. The average molecular weight is 554 g/mol. The van der Waals surface area contributed by atoms with Crippen LogP contribution in [0.3, 0.4) is 0 Å². The van der Waals surface area contributed by atoms with Crippen molar-refractivity contribution in [2.75, 3.05) is 17.4 Å². The quantitative estimate of drug-likeness (QED) is 0.366. The number of rotatable bonds is 11. The lowest BCUT2D eigenvalue weighted by atomic mass is 10.1. The molecule has 0 aliphatic rings. The van der Waals surface area contributed by atoms with Gasteiger partial charge in [0.2, 0.25) is 11.8 Å². The predicted octanol–water partition coefficient (Wildman–Crippen LogP) is 4.89. The van der Waals surface area contributed by atoms with Crippen LogP contribution in [0.5, 0.6) is 0 Å². The van der Waals surface area contributed by atoms with E-state index in [1.165, 1.54) is 41.3 Å². The number of carbonyl (C=O) groups excluding carboxylic acids is 2. The lowest BCUT2D eigenvalue weighted by Crippen LogP contribution is -2.51. The van der Waals surface area contributed by atoms with Crippen LogP contribution in [0.15, 0.2) is 71.6 Å². The van der Waals surface area contributed by atoms with E-state index in [1.807, 2.05) is 33.8 Å². The highest BCUT2D eigenvalue weighted by Gasteiger charge is 2.33. The molecule has 0 saturated carbocycles. The van der Waals surface area contributed by atoms with Crippen molar-refractivity contribution in [3.8, 4) is 0 Å². The third kappa shape index (κ3) is 7.23. The summed E-state index contributed by atoms with van der Waals surface area (Å²) in [5, 5.41) is 2.80. The number of halogens is 1. The van der Waals surface area contributed by atoms with Crippen LogP contribution in [-0.4, -0.2) is 44.3 Å².